The van der Waals surface area contributed by atoms with E-state index in [2.05, 4.69) is 15.3 Å². The topological polar surface area (TPSA) is 63.8 Å². The zero-order valence-electron chi connectivity index (χ0n) is 9.97. The molecule has 0 aliphatic heterocycles. The van der Waals surface area contributed by atoms with E-state index in [4.69, 9.17) is 5.73 Å². The van der Waals surface area contributed by atoms with Crippen molar-refractivity contribution in [3.05, 3.63) is 54.3 Å². The molecule has 94 valence electrons. The van der Waals surface area contributed by atoms with Crippen molar-refractivity contribution in [2.24, 2.45) is 0 Å². The molecule has 0 saturated carbocycles. The lowest BCUT2D eigenvalue weighted by Gasteiger charge is -2.08. The second-order valence-corrected chi connectivity index (χ2v) is 4.08. The van der Waals surface area contributed by atoms with Gasteiger partial charge in [0.15, 0.2) is 11.6 Å². The first-order valence-corrected chi connectivity index (χ1v) is 5.77. The van der Waals surface area contributed by atoms with Crippen LogP contribution in [0.25, 0.3) is 11.0 Å². The zero-order chi connectivity index (χ0) is 13.2. The van der Waals surface area contributed by atoms with Crippen LogP contribution in [0.15, 0.2) is 48.5 Å². The van der Waals surface area contributed by atoms with Crippen molar-refractivity contribution in [3.63, 3.8) is 0 Å². The fraction of sp³-hybridized carbons (Fsp3) is 0. The van der Waals surface area contributed by atoms with Gasteiger partial charge in [0, 0.05) is 5.69 Å². The highest BCUT2D eigenvalue weighted by Crippen LogP contribution is 2.22. The van der Waals surface area contributed by atoms with Crippen molar-refractivity contribution >= 4 is 28.4 Å². The summed E-state index contributed by atoms with van der Waals surface area (Å²) >= 11 is 0. The molecule has 3 aromatic rings. The number of halogens is 1. The molecule has 0 saturated heterocycles. The van der Waals surface area contributed by atoms with Gasteiger partial charge in [0.05, 0.1) is 11.0 Å². The Balaban J connectivity index is 2.00. The quantitative estimate of drug-likeness (QED) is 0.737. The number of fused-ring (bicyclic) bond motifs is 1. The number of rotatable bonds is 2. The third kappa shape index (κ3) is 2.30. The number of aromatic nitrogens is 2. The maximum Gasteiger partial charge on any atom is 0.174 e. The lowest BCUT2D eigenvalue weighted by atomic mass is 10.3. The average molecular weight is 254 g/mol. The van der Waals surface area contributed by atoms with Gasteiger partial charge in [-0.3, -0.25) is 0 Å². The summed E-state index contributed by atoms with van der Waals surface area (Å²) in [6.07, 6.45) is 0. The summed E-state index contributed by atoms with van der Waals surface area (Å²) in [4.78, 5) is 8.67. The van der Waals surface area contributed by atoms with E-state index in [1.807, 2.05) is 24.3 Å². The third-order valence-electron chi connectivity index (χ3n) is 2.70. The number of nitrogen functional groups attached to an aromatic ring is 1. The van der Waals surface area contributed by atoms with Crippen LogP contribution in [-0.2, 0) is 0 Å². The van der Waals surface area contributed by atoms with Crippen LogP contribution in [0.5, 0.6) is 0 Å². The summed E-state index contributed by atoms with van der Waals surface area (Å²) in [7, 11) is 0. The maximum absolute atomic E-state index is 12.8. The lowest BCUT2D eigenvalue weighted by molar-refractivity contribution is 0.628. The Morgan fingerprint density at radius 2 is 1.53 bits per heavy atom. The Morgan fingerprint density at radius 1 is 0.895 bits per heavy atom. The largest absolute Gasteiger partial charge is 0.381 e. The number of anilines is 3. The first kappa shape index (κ1) is 11.4. The second-order valence-electron chi connectivity index (χ2n) is 4.08. The van der Waals surface area contributed by atoms with Gasteiger partial charge < -0.3 is 11.1 Å². The van der Waals surface area contributed by atoms with Crippen LogP contribution in [0.3, 0.4) is 0 Å². The Labute approximate surface area is 109 Å². The Kier molecular flexibility index (Phi) is 2.72. The fourth-order valence-corrected chi connectivity index (χ4v) is 1.78. The molecule has 19 heavy (non-hydrogen) atoms. The van der Waals surface area contributed by atoms with Gasteiger partial charge in [0.1, 0.15) is 5.82 Å². The number of para-hydroxylation sites is 2. The van der Waals surface area contributed by atoms with Crippen molar-refractivity contribution in [3.8, 4) is 0 Å². The molecule has 0 atom stereocenters. The van der Waals surface area contributed by atoms with Gasteiger partial charge in [-0.2, -0.15) is 0 Å². The fourth-order valence-electron chi connectivity index (χ4n) is 1.78. The molecule has 0 aliphatic carbocycles. The van der Waals surface area contributed by atoms with E-state index in [9.17, 15) is 4.39 Å². The molecule has 0 aliphatic rings. The minimum Gasteiger partial charge on any atom is -0.381 e. The van der Waals surface area contributed by atoms with Gasteiger partial charge in [0.25, 0.3) is 0 Å². The van der Waals surface area contributed by atoms with Crippen LogP contribution in [-0.4, -0.2) is 9.97 Å². The molecule has 2 aromatic carbocycles. The lowest BCUT2D eigenvalue weighted by Crippen LogP contribution is -2.02. The molecular formula is C14H11FN4. The van der Waals surface area contributed by atoms with Crippen LogP contribution in [0.2, 0.25) is 0 Å². The summed E-state index contributed by atoms with van der Waals surface area (Å²) in [5, 5.41) is 3.03. The minimum atomic E-state index is -0.289. The molecule has 1 aromatic heterocycles. The van der Waals surface area contributed by atoms with Crippen molar-refractivity contribution < 1.29 is 4.39 Å². The van der Waals surface area contributed by atoms with E-state index >= 15 is 0 Å². The molecule has 0 radical (unpaired) electrons. The SMILES string of the molecule is Nc1nc2ccccc2nc1Nc1ccc(F)cc1. The van der Waals surface area contributed by atoms with Gasteiger partial charge in [0.2, 0.25) is 0 Å². The van der Waals surface area contributed by atoms with Gasteiger partial charge in [-0.15, -0.1) is 0 Å². The van der Waals surface area contributed by atoms with Crippen LogP contribution in [0.4, 0.5) is 21.7 Å². The molecule has 0 bridgehead atoms. The van der Waals surface area contributed by atoms with Crippen LogP contribution in [0.1, 0.15) is 0 Å². The Bertz CT molecular complexity index is 725. The molecule has 0 amide bonds. The Hall–Kier alpha value is -2.69. The summed E-state index contributed by atoms with van der Waals surface area (Å²) in [6.45, 7) is 0. The summed E-state index contributed by atoms with van der Waals surface area (Å²) in [5.74, 6) is 0.483. The monoisotopic (exact) mass is 254 g/mol. The van der Waals surface area contributed by atoms with Gasteiger partial charge in [-0.25, -0.2) is 14.4 Å². The highest BCUT2D eigenvalue weighted by Gasteiger charge is 2.05. The zero-order valence-corrected chi connectivity index (χ0v) is 9.97. The molecule has 0 unspecified atom stereocenters. The summed E-state index contributed by atoms with van der Waals surface area (Å²) < 4.78 is 12.8. The number of nitrogens with two attached hydrogens (primary N) is 1. The standard InChI is InChI=1S/C14H11FN4/c15-9-5-7-10(8-6-9)17-14-13(16)18-11-3-1-2-4-12(11)19-14/h1-8H,(H2,16,18)(H,17,19). The van der Waals surface area contributed by atoms with Gasteiger partial charge >= 0.3 is 0 Å². The predicted molar refractivity (Wildman–Crippen MR) is 73.6 cm³/mol. The Morgan fingerprint density at radius 3 is 2.21 bits per heavy atom. The number of hydrogen-bond acceptors (Lipinski definition) is 4. The van der Waals surface area contributed by atoms with Crippen molar-refractivity contribution in [1.29, 1.82) is 0 Å². The molecule has 4 nitrogen and oxygen atoms in total. The van der Waals surface area contributed by atoms with Crippen molar-refractivity contribution in [1.82, 2.24) is 9.97 Å². The van der Waals surface area contributed by atoms with Crippen molar-refractivity contribution in [2.75, 3.05) is 11.1 Å². The number of hydrogen-bond donors (Lipinski definition) is 2. The number of nitrogens with one attached hydrogen (secondary N) is 1. The van der Waals surface area contributed by atoms with E-state index in [0.29, 0.717) is 17.3 Å². The molecule has 5 heteroatoms. The smallest absolute Gasteiger partial charge is 0.174 e. The second kappa shape index (κ2) is 4.53. The molecule has 3 N–H and O–H groups in total. The van der Waals surface area contributed by atoms with E-state index in [1.54, 1.807) is 12.1 Å². The molecule has 0 fully saturated rings. The first-order valence-electron chi connectivity index (χ1n) is 5.77. The summed E-state index contributed by atoms with van der Waals surface area (Å²) in [6, 6.07) is 13.4. The highest BCUT2D eigenvalue weighted by molar-refractivity contribution is 5.80. The molecule has 1 heterocycles. The molecular weight excluding hydrogens is 243 g/mol. The average Bonchev–Trinajstić information content (AvgIpc) is 2.42. The number of benzene rings is 2. The van der Waals surface area contributed by atoms with E-state index in [0.717, 1.165) is 11.0 Å². The summed E-state index contributed by atoms with van der Waals surface area (Å²) in [5.41, 5.74) is 8.05. The van der Waals surface area contributed by atoms with E-state index in [-0.39, 0.29) is 5.82 Å². The minimum absolute atomic E-state index is 0.289. The number of nitrogens with zero attached hydrogens (tertiary/aromatic N) is 2. The van der Waals surface area contributed by atoms with Crippen LogP contribution >= 0.6 is 0 Å². The van der Waals surface area contributed by atoms with Crippen LogP contribution < -0.4 is 11.1 Å². The third-order valence-corrected chi connectivity index (χ3v) is 2.70. The molecule has 0 spiro atoms. The van der Waals surface area contributed by atoms with Gasteiger partial charge in [-0.05, 0) is 36.4 Å². The highest BCUT2D eigenvalue weighted by atomic mass is 19.1. The molecule has 3 rings (SSSR count). The van der Waals surface area contributed by atoms with E-state index in [1.165, 1.54) is 12.1 Å². The van der Waals surface area contributed by atoms with E-state index < -0.39 is 0 Å². The van der Waals surface area contributed by atoms with Gasteiger partial charge in [-0.1, -0.05) is 12.1 Å². The maximum atomic E-state index is 12.8. The van der Waals surface area contributed by atoms with Crippen molar-refractivity contribution in [2.45, 2.75) is 0 Å². The normalized spacial score (nSPS) is 10.6. The first-order chi connectivity index (χ1) is 9.22. The predicted octanol–water partition coefficient (Wildman–Crippen LogP) is 3.09. The van der Waals surface area contributed by atoms with Crippen LogP contribution in [0, 0.1) is 5.82 Å².